The van der Waals surface area contributed by atoms with Crippen LogP contribution in [0.5, 0.6) is 0 Å². The first-order valence-electron chi connectivity index (χ1n) is 7.50. The number of fused-ring (bicyclic) bond motifs is 1. The quantitative estimate of drug-likeness (QED) is 0.622. The van der Waals surface area contributed by atoms with E-state index in [0.717, 1.165) is 5.56 Å². The highest BCUT2D eigenvalue weighted by Crippen LogP contribution is 2.41. The molecule has 0 aromatic heterocycles. The van der Waals surface area contributed by atoms with Crippen molar-refractivity contribution in [3.05, 3.63) is 45.6 Å². The molecule has 2 aliphatic heterocycles. The minimum absolute atomic E-state index is 0.0675. The van der Waals surface area contributed by atoms with Crippen molar-refractivity contribution in [2.45, 2.75) is 24.4 Å². The molecule has 0 spiro atoms. The van der Waals surface area contributed by atoms with Gasteiger partial charge in [-0.15, -0.1) is 11.8 Å². The average molecular weight is 426 g/mol. The van der Waals surface area contributed by atoms with Crippen molar-refractivity contribution in [3.63, 3.8) is 0 Å². The monoisotopic (exact) mass is 425 g/mol. The van der Waals surface area contributed by atoms with Gasteiger partial charge >= 0.3 is 5.97 Å². The standard InChI is InChI=1S/C16H16BrN3O4S/c1-7-2-4-8(5-3-7)10(18)13(21)19-11-14(22)20-12(16(23)24)9(17)6-25-15(11)20/h2-5,10-11,15H,6,18H2,1H3,(H,19,21)(H,23,24)/t10?,11?,15-/m0/s1. The Balaban J connectivity index is 1.71. The minimum atomic E-state index is -1.17. The van der Waals surface area contributed by atoms with Gasteiger partial charge in [0.15, 0.2) is 0 Å². The molecule has 25 heavy (non-hydrogen) atoms. The van der Waals surface area contributed by atoms with E-state index < -0.39 is 35.2 Å². The van der Waals surface area contributed by atoms with Crippen LogP contribution in [-0.4, -0.2) is 45.0 Å². The number of aryl methyl sites for hydroxylation is 1. The maximum Gasteiger partial charge on any atom is 0.353 e. The van der Waals surface area contributed by atoms with Crippen molar-refractivity contribution in [2.75, 3.05) is 5.75 Å². The topological polar surface area (TPSA) is 113 Å². The van der Waals surface area contributed by atoms with Gasteiger partial charge < -0.3 is 16.2 Å². The molecule has 0 saturated carbocycles. The Labute approximate surface area is 156 Å². The summed E-state index contributed by atoms with van der Waals surface area (Å²) < 4.78 is 0.454. The molecule has 1 aromatic carbocycles. The van der Waals surface area contributed by atoms with Crippen LogP contribution in [0, 0.1) is 6.92 Å². The van der Waals surface area contributed by atoms with Crippen LogP contribution in [0.1, 0.15) is 17.2 Å². The van der Waals surface area contributed by atoms with Gasteiger partial charge in [-0.2, -0.15) is 0 Å². The zero-order chi connectivity index (χ0) is 18.3. The molecule has 2 unspecified atom stereocenters. The predicted octanol–water partition coefficient (Wildman–Crippen LogP) is 1.09. The van der Waals surface area contributed by atoms with Crippen molar-refractivity contribution < 1.29 is 19.5 Å². The van der Waals surface area contributed by atoms with Gasteiger partial charge in [-0.25, -0.2) is 4.79 Å². The fourth-order valence-corrected chi connectivity index (χ4v) is 4.70. The number of carbonyl (C=O) groups is 3. The first-order valence-corrected chi connectivity index (χ1v) is 9.34. The summed E-state index contributed by atoms with van der Waals surface area (Å²) in [6.45, 7) is 1.93. The van der Waals surface area contributed by atoms with Crippen molar-refractivity contribution in [1.29, 1.82) is 0 Å². The van der Waals surface area contributed by atoms with Gasteiger partial charge in [0.25, 0.3) is 5.91 Å². The normalized spacial score (nSPS) is 23.6. The third-order valence-electron chi connectivity index (χ3n) is 4.14. The van der Waals surface area contributed by atoms with Crippen LogP contribution in [-0.2, 0) is 14.4 Å². The van der Waals surface area contributed by atoms with Gasteiger partial charge in [0.05, 0.1) is 0 Å². The van der Waals surface area contributed by atoms with Crippen molar-refractivity contribution in [3.8, 4) is 0 Å². The molecule has 2 heterocycles. The number of hydrogen-bond donors (Lipinski definition) is 3. The molecule has 0 aliphatic carbocycles. The molecule has 3 atom stereocenters. The Bertz CT molecular complexity index is 780. The Hall–Kier alpha value is -1.84. The average Bonchev–Trinajstić information content (AvgIpc) is 2.58. The SMILES string of the molecule is Cc1ccc(C(N)C(=O)NC2C(=O)N3C(C(=O)O)=C(Br)CS[C@@H]23)cc1. The third kappa shape index (κ3) is 3.19. The number of amides is 2. The number of carboxylic acids is 1. The molecule has 9 heteroatoms. The highest BCUT2D eigenvalue weighted by Gasteiger charge is 2.54. The molecule has 0 bridgehead atoms. The molecule has 7 nitrogen and oxygen atoms in total. The van der Waals surface area contributed by atoms with E-state index in [1.165, 1.54) is 16.7 Å². The van der Waals surface area contributed by atoms with E-state index in [1.54, 1.807) is 12.1 Å². The number of rotatable bonds is 4. The molecule has 3 rings (SSSR count). The second kappa shape index (κ2) is 6.81. The number of carboxylic acid groups (broad SMARTS) is 1. The van der Waals surface area contributed by atoms with Gasteiger partial charge in [0.2, 0.25) is 5.91 Å². The van der Waals surface area contributed by atoms with Crippen molar-refractivity contribution in [2.24, 2.45) is 5.73 Å². The largest absolute Gasteiger partial charge is 0.477 e. The highest BCUT2D eigenvalue weighted by molar-refractivity contribution is 9.11. The lowest BCUT2D eigenvalue weighted by atomic mass is 10.0. The predicted molar refractivity (Wildman–Crippen MR) is 96.7 cm³/mol. The lowest BCUT2D eigenvalue weighted by Crippen LogP contribution is -2.70. The smallest absolute Gasteiger partial charge is 0.353 e. The van der Waals surface area contributed by atoms with Gasteiger partial charge in [-0.1, -0.05) is 45.8 Å². The summed E-state index contributed by atoms with van der Waals surface area (Å²) in [5, 5.41) is 11.5. The molecule has 2 amide bonds. The Morgan fingerprint density at radius 2 is 2.04 bits per heavy atom. The third-order valence-corrected chi connectivity index (χ3v) is 6.45. The van der Waals surface area contributed by atoms with E-state index >= 15 is 0 Å². The number of thioether (sulfide) groups is 1. The maximum absolute atomic E-state index is 12.4. The number of β-lactam (4-membered cyclic amide) rings is 1. The minimum Gasteiger partial charge on any atom is -0.477 e. The summed E-state index contributed by atoms with van der Waals surface area (Å²) in [6, 6.07) is 5.59. The van der Waals surface area contributed by atoms with Crippen molar-refractivity contribution in [1.82, 2.24) is 10.2 Å². The lowest BCUT2D eigenvalue weighted by molar-refractivity contribution is -0.150. The molecule has 132 valence electrons. The van der Waals surface area contributed by atoms with Crippen LogP contribution >= 0.6 is 27.7 Å². The Morgan fingerprint density at radius 3 is 2.64 bits per heavy atom. The van der Waals surface area contributed by atoms with Crippen molar-refractivity contribution >= 4 is 45.5 Å². The van der Waals surface area contributed by atoms with Crippen LogP contribution in [0.25, 0.3) is 0 Å². The number of carbonyl (C=O) groups excluding carboxylic acids is 2. The van der Waals surface area contributed by atoms with E-state index in [4.69, 9.17) is 5.73 Å². The fraction of sp³-hybridized carbons (Fsp3) is 0.312. The van der Waals surface area contributed by atoms with Gasteiger partial charge in [-0.3, -0.25) is 14.5 Å². The summed E-state index contributed by atoms with van der Waals surface area (Å²) in [4.78, 5) is 37.3. The zero-order valence-corrected chi connectivity index (χ0v) is 15.6. The number of aliphatic carboxylic acids is 1. The number of halogens is 1. The van der Waals surface area contributed by atoms with E-state index in [0.29, 0.717) is 15.8 Å². The Kier molecular flexibility index (Phi) is 4.90. The molecule has 2 aliphatic rings. The number of nitrogens with one attached hydrogen (secondary N) is 1. The second-order valence-electron chi connectivity index (χ2n) is 5.84. The van der Waals surface area contributed by atoms with Crippen LogP contribution in [0.4, 0.5) is 0 Å². The molecule has 1 saturated heterocycles. The van der Waals surface area contributed by atoms with E-state index in [2.05, 4.69) is 21.2 Å². The number of hydrogen-bond acceptors (Lipinski definition) is 5. The Morgan fingerprint density at radius 1 is 1.40 bits per heavy atom. The molecular formula is C16H16BrN3O4S. The number of benzene rings is 1. The maximum atomic E-state index is 12.4. The first-order chi connectivity index (χ1) is 11.8. The summed E-state index contributed by atoms with van der Waals surface area (Å²) in [6.07, 6.45) is 0. The van der Waals surface area contributed by atoms with E-state index in [9.17, 15) is 19.5 Å². The summed E-state index contributed by atoms with van der Waals surface area (Å²) in [5.74, 6) is -1.66. The fourth-order valence-electron chi connectivity index (χ4n) is 2.75. The summed E-state index contributed by atoms with van der Waals surface area (Å²) >= 11 is 4.58. The highest BCUT2D eigenvalue weighted by atomic mass is 79.9. The number of nitrogens with zero attached hydrogens (tertiary/aromatic N) is 1. The van der Waals surface area contributed by atoms with E-state index in [-0.39, 0.29) is 5.70 Å². The molecule has 1 fully saturated rings. The van der Waals surface area contributed by atoms with Crippen LogP contribution in [0.2, 0.25) is 0 Å². The summed E-state index contributed by atoms with van der Waals surface area (Å²) in [7, 11) is 0. The number of nitrogens with two attached hydrogens (primary N) is 1. The lowest BCUT2D eigenvalue weighted by Gasteiger charge is -2.49. The van der Waals surface area contributed by atoms with Crippen LogP contribution in [0.15, 0.2) is 34.4 Å². The van der Waals surface area contributed by atoms with Crippen LogP contribution in [0.3, 0.4) is 0 Å². The molecule has 1 aromatic rings. The van der Waals surface area contributed by atoms with E-state index in [1.807, 2.05) is 19.1 Å². The van der Waals surface area contributed by atoms with Gasteiger partial charge in [0, 0.05) is 10.2 Å². The molecule has 4 N–H and O–H groups in total. The molecular weight excluding hydrogens is 410 g/mol. The summed E-state index contributed by atoms with van der Waals surface area (Å²) in [5.41, 5.74) is 7.61. The van der Waals surface area contributed by atoms with Gasteiger partial charge in [-0.05, 0) is 12.5 Å². The van der Waals surface area contributed by atoms with Gasteiger partial charge in [0.1, 0.15) is 23.2 Å². The van der Waals surface area contributed by atoms with Crippen LogP contribution < -0.4 is 11.1 Å². The molecule has 0 radical (unpaired) electrons. The zero-order valence-electron chi connectivity index (χ0n) is 13.2. The first kappa shape index (κ1) is 18.0. The second-order valence-corrected chi connectivity index (χ2v) is 7.91.